The van der Waals surface area contributed by atoms with Crippen LogP contribution in [-0.2, 0) is 0 Å². The molecule has 0 radical (unpaired) electrons. The molecular weight excluding hydrogens is 240 g/mol. The minimum absolute atomic E-state index is 1.08. The Hall–Kier alpha value is -1.82. The van der Waals surface area contributed by atoms with Crippen molar-refractivity contribution in [3.63, 3.8) is 0 Å². The third-order valence-corrected chi connectivity index (χ3v) is 2.80. The first kappa shape index (κ1) is 18.2. The number of aryl methyl sites for hydroxylation is 2. The van der Waals surface area contributed by atoms with Gasteiger partial charge in [-0.2, -0.15) is 0 Å². The molecule has 0 aliphatic rings. The molecule has 0 saturated heterocycles. The summed E-state index contributed by atoms with van der Waals surface area (Å²) in [6.45, 7) is 16.3. The van der Waals surface area contributed by atoms with E-state index in [9.17, 15) is 0 Å². The largest absolute Gasteiger partial charge is 0.0906 e. The lowest BCUT2D eigenvalue weighted by Crippen LogP contribution is -1.86. The molecule has 0 unspecified atom stereocenters. The molecule has 2 aromatic rings. The Bertz CT molecular complexity index is 439. The third kappa shape index (κ3) is 5.44. The fourth-order valence-electron chi connectivity index (χ4n) is 1.68. The lowest BCUT2D eigenvalue weighted by atomic mass is 9.98. The summed E-state index contributed by atoms with van der Waals surface area (Å²) < 4.78 is 0. The van der Waals surface area contributed by atoms with Crippen LogP contribution in [0.25, 0.3) is 5.57 Å². The average molecular weight is 268 g/mol. The van der Waals surface area contributed by atoms with E-state index in [1.54, 1.807) is 0 Å². The Morgan fingerprint density at radius 2 is 0.850 bits per heavy atom. The van der Waals surface area contributed by atoms with Crippen LogP contribution in [0, 0.1) is 13.8 Å². The molecule has 0 bridgehead atoms. The van der Waals surface area contributed by atoms with Crippen LogP contribution < -0.4 is 0 Å². The zero-order valence-electron chi connectivity index (χ0n) is 13.8. The van der Waals surface area contributed by atoms with Crippen molar-refractivity contribution in [3.05, 3.63) is 77.4 Å². The van der Waals surface area contributed by atoms with E-state index in [4.69, 9.17) is 0 Å². The molecule has 0 nitrogen and oxygen atoms in total. The van der Waals surface area contributed by atoms with E-state index in [1.165, 1.54) is 22.3 Å². The molecule has 0 saturated carbocycles. The van der Waals surface area contributed by atoms with E-state index in [1.807, 2.05) is 27.7 Å². The predicted molar refractivity (Wildman–Crippen MR) is 93.2 cm³/mol. The van der Waals surface area contributed by atoms with Gasteiger partial charge in [-0.25, -0.2) is 0 Å². The Morgan fingerprint density at radius 3 is 1.10 bits per heavy atom. The smallest absolute Gasteiger partial charge is 0.0183 e. The predicted octanol–water partition coefficient (Wildman–Crippen LogP) is 6.42. The van der Waals surface area contributed by atoms with Gasteiger partial charge in [0.05, 0.1) is 0 Å². The molecule has 0 heteroatoms. The van der Waals surface area contributed by atoms with Gasteiger partial charge < -0.3 is 0 Å². The van der Waals surface area contributed by atoms with Gasteiger partial charge in [0.15, 0.2) is 0 Å². The first-order valence-corrected chi connectivity index (χ1v) is 7.50. The van der Waals surface area contributed by atoms with Crippen molar-refractivity contribution in [2.75, 3.05) is 0 Å². The minimum atomic E-state index is 1.08. The summed E-state index contributed by atoms with van der Waals surface area (Å²) in [4.78, 5) is 0. The Morgan fingerprint density at radius 1 is 0.600 bits per heavy atom. The number of hydrogen-bond acceptors (Lipinski definition) is 0. The second kappa shape index (κ2) is 10.0. The first-order chi connectivity index (χ1) is 9.66. The lowest BCUT2D eigenvalue weighted by Gasteiger charge is -2.07. The maximum atomic E-state index is 4.15. The monoisotopic (exact) mass is 268 g/mol. The summed E-state index contributed by atoms with van der Waals surface area (Å²) in [5, 5.41) is 0. The van der Waals surface area contributed by atoms with Crippen molar-refractivity contribution < 1.29 is 0 Å². The number of rotatable bonds is 2. The molecule has 20 heavy (non-hydrogen) atoms. The molecule has 2 rings (SSSR count). The fourth-order valence-corrected chi connectivity index (χ4v) is 1.68. The van der Waals surface area contributed by atoms with Crippen molar-refractivity contribution in [3.8, 4) is 0 Å². The van der Waals surface area contributed by atoms with Crippen LogP contribution in [0.3, 0.4) is 0 Å². The van der Waals surface area contributed by atoms with Crippen molar-refractivity contribution in [1.82, 2.24) is 0 Å². The highest BCUT2D eigenvalue weighted by molar-refractivity contribution is 5.78. The molecule has 0 aliphatic heterocycles. The SMILES string of the molecule is C=C(c1ccc(C)cc1)c1ccc(C)cc1.CC.CC. The van der Waals surface area contributed by atoms with Gasteiger partial charge in [0, 0.05) is 0 Å². The van der Waals surface area contributed by atoms with Crippen molar-refractivity contribution in [2.45, 2.75) is 41.5 Å². The van der Waals surface area contributed by atoms with Crippen molar-refractivity contribution in [2.24, 2.45) is 0 Å². The number of benzene rings is 2. The highest BCUT2D eigenvalue weighted by atomic mass is 14.1. The summed E-state index contributed by atoms with van der Waals surface area (Å²) in [6, 6.07) is 17.0. The lowest BCUT2D eigenvalue weighted by molar-refractivity contribution is 1.43. The molecule has 0 spiro atoms. The van der Waals surface area contributed by atoms with Crippen LogP contribution in [0.4, 0.5) is 0 Å². The summed E-state index contributed by atoms with van der Waals surface area (Å²) in [7, 11) is 0. The van der Waals surface area contributed by atoms with Crippen LogP contribution in [0.5, 0.6) is 0 Å². The van der Waals surface area contributed by atoms with Crippen molar-refractivity contribution in [1.29, 1.82) is 0 Å². The second-order valence-electron chi connectivity index (χ2n) is 4.21. The molecule has 0 heterocycles. The van der Waals surface area contributed by atoms with Crippen LogP contribution in [0.15, 0.2) is 55.1 Å². The van der Waals surface area contributed by atoms with Gasteiger partial charge in [0.25, 0.3) is 0 Å². The van der Waals surface area contributed by atoms with E-state index in [0.717, 1.165) is 5.57 Å². The van der Waals surface area contributed by atoms with Gasteiger partial charge in [-0.15, -0.1) is 0 Å². The zero-order valence-corrected chi connectivity index (χ0v) is 13.8. The van der Waals surface area contributed by atoms with Gasteiger partial charge >= 0.3 is 0 Å². The molecule has 0 atom stereocenters. The van der Waals surface area contributed by atoms with Gasteiger partial charge in [-0.05, 0) is 30.5 Å². The minimum Gasteiger partial charge on any atom is -0.0906 e. The fraction of sp³-hybridized carbons (Fsp3) is 0.300. The molecule has 0 fully saturated rings. The third-order valence-electron chi connectivity index (χ3n) is 2.80. The van der Waals surface area contributed by atoms with E-state index in [-0.39, 0.29) is 0 Å². The van der Waals surface area contributed by atoms with Gasteiger partial charge in [-0.1, -0.05) is 93.9 Å². The topological polar surface area (TPSA) is 0 Å². The molecule has 0 N–H and O–H groups in total. The molecular formula is C20H28. The summed E-state index contributed by atoms with van der Waals surface area (Å²) in [5.74, 6) is 0. The van der Waals surface area contributed by atoms with Crippen LogP contribution >= 0.6 is 0 Å². The van der Waals surface area contributed by atoms with E-state index in [0.29, 0.717) is 0 Å². The van der Waals surface area contributed by atoms with Gasteiger partial charge in [0.2, 0.25) is 0 Å². The van der Waals surface area contributed by atoms with Crippen LogP contribution in [-0.4, -0.2) is 0 Å². The quantitative estimate of drug-likeness (QED) is 0.589. The Kier molecular flexibility index (Phi) is 9.11. The molecule has 0 aliphatic carbocycles. The number of hydrogen-bond donors (Lipinski definition) is 0. The van der Waals surface area contributed by atoms with E-state index >= 15 is 0 Å². The molecule has 2 aromatic carbocycles. The standard InChI is InChI=1S/C16H16.2C2H6/c1-12-4-8-15(9-5-12)14(3)16-10-6-13(2)7-11-16;2*1-2/h4-11H,3H2,1-2H3;2*1-2H3. The van der Waals surface area contributed by atoms with Gasteiger partial charge in [0.1, 0.15) is 0 Å². The summed E-state index contributed by atoms with van der Waals surface area (Å²) >= 11 is 0. The maximum Gasteiger partial charge on any atom is -0.0183 e. The van der Waals surface area contributed by atoms with E-state index < -0.39 is 0 Å². The Labute approximate surface area is 125 Å². The molecule has 0 amide bonds. The summed E-state index contributed by atoms with van der Waals surface area (Å²) in [5.41, 5.74) is 6.02. The molecule has 108 valence electrons. The summed E-state index contributed by atoms with van der Waals surface area (Å²) in [6.07, 6.45) is 0. The average Bonchev–Trinajstić information content (AvgIpc) is 2.52. The van der Waals surface area contributed by atoms with Crippen LogP contribution in [0.1, 0.15) is 49.9 Å². The Balaban J connectivity index is 0.000000829. The molecule has 0 aromatic heterocycles. The first-order valence-electron chi connectivity index (χ1n) is 7.50. The van der Waals surface area contributed by atoms with E-state index in [2.05, 4.69) is 69.0 Å². The highest BCUT2D eigenvalue weighted by Gasteiger charge is 2.01. The van der Waals surface area contributed by atoms with Crippen molar-refractivity contribution >= 4 is 5.57 Å². The zero-order chi connectivity index (χ0) is 15.5. The van der Waals surface area contributed by atoms with Gasteiger partial charge in [-0.3, -0.25) is 0 Å². The van der Waals surface area contributed by atoms with Crippen LogP contribution in [0.2, 0.25) is 0 Å². The maximum absolute atomic E-state index is 4.15. The second-order valence-corrected chi connectivity index (χ2v) is 4.21. The normalized spacial score (nSPS) is 8.70. The highest BCUT2D eigenvalue weighted by Crippen LogP contribution is 2.21.